The van der Waals surface area contributed by atoms with Crippen LogP contribution in [-0.4, -0.2) is 25.8 Å². The minimum absolute atomic E-state index is 0.146. The number of nitrogen functional groups attached to an aromatic ring is 1. The summed E-state index contributed by atoms with van der Waals surface area (Å²) in [4.78, 5) is 20.1. The molecule has 7 heteroatoms. The van der Waals surface area contributed by atoms with Crippen molar-refractivity contribution >= 4 is 22.9 Å². The van der Waals surface area contributed by atoms with Gasteiger partial charge in [0.1, 0.15) is 0 Å². The van der Waals surface area contributed by atoms with Gasteiger partial charge in [0.25, 0.3) is 5.56 Å². The molecule has 22 heavy (non-hydrogen) atoms. The van der Waals surface area contributed by atoms with E-state index in [0.717, 1.165) is 30.6 Å². The molecule has 0 saturated carbocycles. The van der Waals surface area contributed by atoms with E-state index in [1.165, 1.54) is 0 Å². The highest BCUT2D eigenvalue weighted by Crippen LogP contribution is 2.24. The SMILES string of the molecule is N=C1C=CC(=Nc2c(N)n3n(c2=O)CCCC3)c2[nH]ccc21. The van der Waals surface area contributed by atoms with E-state index in [-0.39, 0.29) is 11.2 Å². The van der Waals surface area contributed by atoms with E-state index in [9.17, 15) is 4.79 Å². The van der Waals surface area contributed by atoms with E-state index in [4.69, 9.17) is 11.1 Å². The summed E-state index contributed by atoms with van der Waals surface area (Å²) in [6, 6.07) is 1.83. The van der Waals surface area contributed by atoms with Crippen LogP contribution in [0.1, 0.15) is 24.1 Å². The van der Waals surface area contributed by atoms with Crippen molar-refractivity contribution in [3.05, 3.63) is 46.0 Å². The zero-order valence-electron chi connectivity index (χ0n) is 12.0. The Balaban J connectivity index is 1.88. The van der Waals surface area contributed by atoms with Gasteiger partial charge in [0, 0.05) is 24.8 Å². The van der Waals surface area contributed by atoms with Crippen LogP contribution < -0.4 is 11.3 Å². The third-order valence-corrected chi connectivity index (χ3v) is 4.17. The van der Waals surface area contributed by atoms with Crippen molar-refractivity contribution in [2.75, 3.05) is 5.73 Å². The third kappa shape index (κ3) is 1.71. The van der Waals surface area contributed by atoms with Crippen molar-refractivity contribution in [2.45, 2.75) is 25.9 Å². The number of aromatic amines is 1. The quantitative estimate of drug-likeness (QED) is 0.740. The molecule has 0 saturated heterocycles. The number of rotatable bonds is 1. The first-order valence-electron chi connectivity index (χ1n) is 7.29. The highest BCUT2D eigenvalue weighted by Gasteiger charge is 2.22. The first kappa shape index (κ1) is 12.9. The first-order chi connectivity index (χ1) is 10.7. The highest BCUT2D eigenvalue weighted by molar-refractivity contribution is 6.24. The third-order valence-electron chi connectivity index (χ3n) is 4.17. The van der Waals surface area contributed by atoms with Crippen molar-refractivity contribution in [3.8, 4) is 0 Å². The zero-order chi connectivity index (χ0) is 15.3. The summed E-state index contributed by atoms with van der Waals surface area (Å²) < 4.78 is 3.48. The minimum atomic E-state index is -0.146. The van der Waals surface area contributed by atoms with Crippen molar-refractivity contribution in [1.29, 1.82) is 5.41 Å². The van der Waals surface area contributed by atoms with Gasteiger partial charge in [-0.15, -0.1) is 0 Å². The molecule has 112 valence electrons. The van der Waals surface area contributed by atoms with Crippen LogP contribution in [0.15, 0.2) is 34.2 Å². The zero-order valence-corrected chi connectivity index (χ0v) is 12.0. The van der Waals surface area contributed by atoms with Crippen molar-refractivity contribution in [1.82, 2.24) is 14.3 Å². The molecule has 4 N–H and O–H groups in total. The van der Waals surface area contributed by atoms with Gasteiger partial charge in [0.15, 0.2) is 11.5 Å². The molecule has 0 fully saturated rings. The molecule has 0 amide bonds. The predicted molar refractivity (Wildman–Crippen MR) is 85.3 cm³/mol. The van der Waals surface area contributed by atoms with E-state index in [1.54, 1.807) is 23.0 Å². The van der Waals surface area contributed by atoms with Gasteiger partial charge < -0.3 is 16.1 Å². The van der Waals surface area contributed by atoms with Gasteiger partial charge in [0.2, 0.25) is 0 Å². The number of allylic oxidation sites excluding steroid dienone is 2. The van der Waals surface area contributed by atoms with Crippen LogP contribution in [0, 0.1) is 5.41 Å². The summed E-state index contributed by atoms with van der Waals surface area (Å²) in [6.07, 6.45) is 7.19. The molecule has 0 radical (unpaired) electrons. The average molecular weight is 296 g/mol. The number of H-pyrrole nitrogens is 1. The van der Waals surface area contributed by atoms with Crippen LogP contribution >= 0.6 is 0 Å². The summed E-state index contributed by atoms with van der Waals surface area (Å²) in [7, 11) is 0. The predicted octanol–water partition coefficient (Wildman–Crippen LogP) is 1.41. The Labute approximate surface area is 126 Å². The molecule has 0 atom stereocenters. The van der Waals surface area contributed by atoms with E-state index in [0.29, 0.717) is 23.8 Å². The fraction of sp³-hybridized carbons (Fsp3) is 0.267. The minimum Gasteiger partial charge on any atom is -0.382 e. The molecule has 0 spiro atoms. The summed E-state index contributed by atoms with van der Waals surface area (Å²) in [5.41, 5.74) is 8.85. The number of nitrogens with one attached hydrogen (secondary N) is 2. The lowest BCUT2D eigenvalue weighted by Crippen LogP contribution is -2.27. The Morgan fingerprint density at radius 3 is 2.77 bits per heavy atom. The fourth-order valence-corrected chi connectivity index (χ4v) is 3.04. The molecule has 0 bridgehead atoms. The first-order valence-corrected chi connectivity index (χ1v) is 7.29. The van der Waals surface area contributed by atoms with Crippen LogP contribution in [-0.2, 0) is 13.1 Å². The number of hydrogen-bond donors (Lipinski definition) is 3. The van der Waals surface area contributed by atoms with Crippen molar-refractivity contribution < 1.29 is 0 Å². The molecule has 2 aliphatic rings. The standard InChI is InChI=1S/C15H16N6O/c16-10-3-4-11(12-9(10)5-6-18-12)19-13-14(17)20-7-1-2-8-21(20)15(13)22/h3-6,16,18H,1-2,7-8,17H2. The maximum atomic E-state index is 12.5. The molecule has 7 nitrogen and oxygen atoms in total. The van der Waals surface area contributed by atoms with E-state index < -0.39 is 0 Å². The Morgan fingerprint density at radius 2 is 2.00 bits per heavy atom. The second-order valence-electron chi connectivity index (χ2n) is 5.50. The van der Waals surface area contributed by atoms with E-state index in [1.807, 2.05) is 10.7 Å². The van der Waals surface area contributed by atoms with Gasteiger partial charge in [-0.1, -0.05) is 0 Å². The number of nitrogens with two attached hydrogens (primary N) is 1. The Bertz CT molecular complexity index is 892. The van der Waals surface area contributed by atoms with Crippen LogP contribution in [0.25, 0.3) is 0 Å². The maximum absolute atomic E-state index is 12.5. The molecule has 0 unspecified atom stereocenters. The molecule has 0 aromatic carbocycles. The highest BCUT2D eigenvalue weighted by atomic mass is 16.1. The van der Waals surface area contributed by atoms with Gasteiger partial charge in [-0.2, -0.15) is 0 Å². The molecule has 3 heterocycles. The van der Waals surface area contributed by atoms with Crippen LogP contribution in [0.2, 0.25) is 0 Å². The molecular formula is C15H16N6O. The normalized spacial score (nSPS) is 18.5. The molecule has 2 aromatic rings. The van der Waals surface area contributed by atoms with Crippen LogP contribution in [0.5, 0.6) is 0 Å². The maximum Gasteiger partial charge on any atom is 0.294 e. The second-order valence-corrected chi connectivity index (χ2v) is 5.50. The van der Waals surface area contributed by atoms with Gasteiger partial charge in [0.05, 0.1) is 17.1 Å². The summed E-state index contributed by atoms with van der Waals surface area (Å²) in [6.45, 7) is 1.43. The lowest BCUT2D eigenvalue weighted by molar-refractivity contribution is 0.360. The van der Waals surface area contributed by atoms with E-state index >= 15 is 0 Å². The van der Waals surface area contributed by atoms with Crippen LogP contribution in [0.3, 0.4) is 0 Å². The molecular weight excluding hydrogens is 280 g/mol. The summed E-state index contributed by atoms with van der Waals surface area (Å²) in [5, 5.41) is 7.89. The monoisotopic (exact) mass is 296 g/mol. The number of fused-ring (bicyclic) bond motifs is 2. The number of hydrogen-bond acceptors (Lipinski definition) is 4. The number of nitrogens with zero attached hydrogens (tertiary/aromatic N) is 3. The van der Waals surface area contributed by atoms with Gasteiger partial charge in [-0.25, -0.2) is 9.67 Å². The Morgan fingerprint density at radius 1 is 1.23 bits per heavy atom. The average Bonchev–Trinajstić information content (AvgIpc) is 3.11. The summed E-state index contributed by atoms with van der Waals surface area (Å²) in [5.74, 6) is 0.416. The largest absolute Gasteiger partial charge is 0.382 e. The fourth-order valence-electron chi connectivity index (χ4n) is 3.04. The Hall–Kier alpha value is -2.83. The number of anilines is 1. The number of aromatic nitrogens is 3. The van der Waals surface area contributed by atoms with E-state index in [2.05, 4.69) is 9.98 Å². The lowest BCUT2D eigenvalue weighted by atomic mass is 10.0. The smallest absolute Gasteiger partial charge is 0.294 e. The summed E-state index contributed by atoms with van der Waals surface area (Å²) >= 11 is 0. The van der Waals surface area contributed by atoms with Gasteiger partial charge >= 0.3 is 0 Å². The molecule has 4 rings (SSSR count). The second kappa shape index (κ2) is 4.59. The van der Waals surface area contributed by atoms with Crippen molar-refractivity contribution in [3.63, 3.8) is 0 Å². The molecule has 1 aliphatic carbocycles. The van der Waals surface area contributed by atoms with Gasteiger partial charge in [-0.3, -0.25) is 9.48 Å². The topological polar surface area (TPSA) is 105 Å². The van der Waals surface area contributed by atoms with Gasteiger partial charge in [-0.05, 0) is 31.1 Å². The Kier molecular flexibility index (Phi) is 2.69. The molecule has 1 aliphatic heterocycles. The lowest BCUT2D eigenvalue weighted by Gasteiger charge is -2.17. The van der Waals surface area contributed by atoms with Crippen molar-refractivity contribution in [2.24, 2.45) is 4.99 Å². The van der Waals surface area contributed by atoms with Crippen LogP contribution in [0.4, 0.5) is 11.5 Å². The molecule has 2 aromatic heterocycles. The number of aliphatic imine (C=N–C) groups is 1.